The molecule has 0 amide bonds. The van der Waals surface area contributed by atoms with Gasteiger partial charge >= 0.3 is 0 Å². The van der Waals surface area contributed by atoms with E-state index in [0.29, 0.717) is 18.9 Å². The third-order valence-corrected chi connectivity index (χ3v) is 3.46. The van der Waals surface area contributed by atoms with Gasteiger partial charge in [0.1, 0.15) is 5.75 Å². The molecule has 2 unspecified atom stereocenters. The molecule has 120 valence electrons. The number of aryl methyl sites for hydroxylation is 2. The van der Waals surface area contributed by atoms with Gasteiger partial charge in [-0.05, 0) is 51.4 Å². The Morgan fingerprint density at radius 2 is 1.95 bits per heavy atom. The Balaban J connectivity index is 3.02. The van der Waals surface area contributed by atoms with Gasteiger partial charge in [-0.1, -0.05) is 25.5 Å². The predicted octanol–water partition coefficient (Wildman–Crippen LogP) is 2.31. The Morgan fingerprint density at radius 1 is 1.29 bits per heavy atom. The molecule has 0 aliphatic carbocycles. The molecule has 1 rings (SSSR count). The third kappa shape index (κ3) is 5.30. The van der Waals surface area contributed by atoms with E-state index in [0.717, 1.165) is 29.0 Å². The normalized spacial score (nSPS) is 14.3. The summed E-state index contributed by atoms with van der Waals surface area (Å²) >= 11 is 0. The molecule has 0 aromatic heterocycles. The van der Waals surface area contributed by atoms with Crippen molar-refractivity contribution in [2.24, 2.45) is 11.7 Å². The van der Waals surface area contributed by atoms with E-state index in [2.05, 4.69) is 25.2 Å². The second kappa shape index (κ2) is 8.37. The molecule has 0 aliphatic heterocycles. The maximum absolute atomic E-state index is 10.6. The fourth-order valence-electron chi connectivity index (χ4n) is 2.35. The van der Waals surface area contributed by atoms with Gasteiger partial charge in [0, 0.05) is 11.6 Å². The van der Waals surface area contributed by atoms with Crippen LogP contribution in [0, 0.1) is 19.8 Å². The van der Waals surface area contributed by atoms with E-state index in [9.17, 15) is 5.11 Å². The fourth-order valence-corrected chi connectivity index (χ4v) is 2.35. The Bertz CT molecular complexity index is 447. The molecule has 1 aromatic rings. The number of rotatable bonds is 8. The molecule has 0 bridgehead atoms. The van der Waals surface area contributed by atoms with Crippen molar-refractivity contribution in [2.75, 3.05) is 20.2 Å². The fraction of sp³-hybridized carbons (Fsp3) is 0.647. The molecule has 0 saturated heterocycles. The van der Waals surface area contributed by atoms with Crippen LogP contribution in [0.25, 0.3) is 0 Å². The van der Waals surface area contributed by atoms with Crippen LogP contribution in [-0.2, 0) is 0 Å². The van der Waals surface area contributed by atoms with Gasteiger partial charge in [-0.3, -0.25) is 0 Å². The van der Waals surface area contributed by atoms with E-state index in [-0.39, 0.29) is 6.04 Å². The lowest BCUT2D eigenvalue weighted by molar-refractivity contribution is 0.136. The van der Waals surface area contributed by atoms with Crippen molar-refractivity contribution in [1.29, 1.82) is 0 Å². The van der Waals surface area contributed by atoms with Crippen LogP contribution < -0.4 is 15.8 Å². The second-order valence-corrected chi connectivity index (χ2v) is 6.21. The molecule has 4 heteroatoms. The molecular weight excluding hydrogens is 264 g/mol. The molecule has 4 nitrogen and oxygen atoms in total. The summed E-state index contributed by atoms with van der Waals surface area (Å²) in [6.07, 6.45) is 0.00739. The van der Waals surface area contributed by atoms with E-state index in [4.69, 9.17) is 10.5 Å². The standard InChI is InChI=1S/C17H30N2O2/c1-11(2)10-21-17-13(4)8-12(3)9-14(17)16(20)15(18)6-7-19-5/h8-9,11,15-16,19-20H,6-7,10,18H2,1-5H3. The van der Waals surface area contributed by atoms with Gasteiger partial charge in [0.2, 0.25) is 0 Å². The summed E-state index contributed by atoms with van der Waals surface area (Å²) in [7, 11) is 1.88. The van der Waals surface area contributed by atoms with Gasteiger partial charge in [0.15, 0.2) is 0 Å². The molecule has 0 spiro atoms. The molecule has 2 atom stereocenters. The molecule has 0 saturated carbocycles. The number of aliphatic hydroxyl groups excluding tert-OH is 1. The molecule has 4 N–H and O–H groups in total. The highest BCUT2D eigenvalue weighted by molar-refractivity contribution is 5.45. The Morgan fingerprint density at radius 3 is 2.52 bits per heavy atom. The van der Waals surface area contributed by atoms with Gasteiger partial charge in [0.25, 0.3) is 0 Å². The largest absolute Gasteiger partial charge is 0.493 e. The first kappa shape index (κ1) is 18.0. The number of nitrogens with one attached hydrogen (secondary N) is 1. The average molecular weight is 294 g/mol. The van der Waals surface area contributed by atoms with Gasteiger partial charge < -0.3 is 20.9 Å². The van der Waals surface area contributed by atoms with Crippen molar-refractivity contribution in [3.8, 4) is 5.75 Å². The summed E-state index contributed by atoms with van der Waals surface area (Å²) in [4.78, 5) is 0. The maximum atomic E-state index is 10.6. The van der Waals surface area contributed by atoms with Gasteiger partial charge in [-0.15, -0.1) is 0 Å². The average Bonchev–Trinajstić information content (AvgIpc) is 2.41. The number of benzene rings is 1. The number of nitrogens with two attached hydrogens (primary N) is 1. The first-order valence-electron chi connectivity index (χ1n) is 7.69. The summed E-state index contributed by atoms with van der Waals surface area (Å²) in [5.74, 6) is 1.22. The zero-order chi connectivity index (χ0) is 16.0. The highest BCUT2D eigenvalue weighted by Gasteiger charge is 2.22. The van der Waals surface area contributed by atoms with Crippen molar-refractivity contribution >= 4 is 0 Å². The second-order valence-electron chi connectivity index (χ2n) is 6.21. The van der Waals surface area contributed by atoms with E-state index in [1.54, 1.807) is 0 Å². The van der Waals surface area contributed by atoms with Crippen molar-refractivity contribution in [1.82, 2.24) is 5.32 Å². The number of aliphatic hydroxyl groups is 1. The number of hydrogen-bond acceptors (Lipinski definition) is 4. The van der Waals surface area contributed by atoms with Crippen molar-refractivity contribution < 1.29 is 9.84 Å². The Kier molecular flexibility index (Phi) is 7.15. The Hall–Kier alpha value is -1.10. The van der Waals surface area contributed by atoms with Crippen LogP contribution in [0.2, 0.25) is 0 Å². The van der Waals surface area contributed by atoms with Crippen LogP contribution in [0.3, 0.4) is 0 Å². The summed E-state index contributed by atoms with van der Waals surface area (Å²) in [6, 6.07) is 3.75. The lowest BCUT2D eigenvalue weighted by Crippen LogP contribution is -2.32. The van der Waals surface area contributed by atoms with Gasteiger partial charge in [0.05, 0.1) is 12.7 Å². The Labute approximate surface area is 128 Å². The van der Waals surface area contributed by atoms with E-state index in [1.165, 1.54) is 0 Å². The topological polar surface area (TPSA) is 67.5 Å². The summed E-state index contributed by atoms with van der Waals surface area (Å²) in [6.45, 7) is 9.67. The van der Waals surface area contributed by atoms with Crippen LogP contribution in [0.15, 0.2) is 12.1 Å². The quantitative estimate of drug-likeness (QED) is 0.688. The van der Waals surface area contributed by atoms with Crippen molar-refractivity contribution in [3.05, 3.63) is 28.8 Å². The zero-order valence-electron chi connectivity index (χ0n) is 13.9. The zero-order valence-corrected chi connectivity index (χ0v) is 13.9. The SMILES string of the molecule is CNCCC(N)C(O)c1cc(C)cc(C)c1OCC(C)C. The molecule has 1 aromatic carbocycles. The lowest BCUT2D eigenvalue weighted by atomic mass is 9.95. The van der Waals surface area contributed by atoms with Crippen LogP contribution in [-0.4, -0.2) is 31.3 Å². The first-order chi connectivity index (χ1) is 9.86. The van der Waals surface area contributed by atoms with Crippen LogP contribution in [0.4, 0.5) is 0 Å². The molecule has 0 heterocycles. The van der Waals surface area contributed by atoms with Gasteiger partial charge in [-0.2, -0.15) is 0 Å². The van der Waals surface area contributed by atoms with Crippen molar-refractivity contribution in [2.45, 2.75) is 46.3 Å². The monoisotopic (exact) mass is 294 g/mol. The number of ether oxygens (including phenoxy) is 1. The minimum atomic E-state index is -0.709. The third-order valence-electron chi connectivity index (χ3n) is 3.46. The van der Waals surface area contributed by atoms with Crippen LogP contribution in [0.1, 0.15) is 43.1 Å². The molecular formula is C17H30N2O2. The molecule has 0 fully saturated rings. The van der Waals surface area contributed by atoms with E-state index < -0.39 is 6.10 Å². The van der Waals surface area contributed by atoms with Crippen molar-refractivity contribution in [3.63, 3.8) is 0 Å². The van der Waals surface area contributed by atoms with Gasteiger partial charge in [-0.25, -0.2) is 0 Å². The highest BCUT2D eigenvalue weighted by Crippen LogP contribution is 2.32. The maximum Gasteiger partial charge on any atom is 0.128 e. The lowest BCUT2D eigenvalue weighted by Gasteiger charge is -2.24. The van der Waals surface area contributed by atoms with E-state index in [1.807, 2.05) is 27.0 Å². The first-order valence-corrected chi connectivity index (χ1v) is 7.69. The highest BCUT2D eigenvalue weighted by atomic mass is 16.5. The smallest absolute Gasteiger partial charge is 0.128 e. The van der Waals surface area contributed by atoms with Crippen LogP contribution >= 0.6 is 0 Å². The van der Waals surface area contributed by atoms with E-state index >= 15 is 0 Å². The van der Waals surface area contributed by atoms with Crippen LogP contribution in [0.5, 0.6) is 5.75 Å². The molecule has 0 aliphatic rings. The summed E-state index contributed by atoms with van der Waals surface area (Å²) in [5, 5.41) is 13.6. The summed E-state index contributed by atoms with van der Waals surface area (Å²) < 4.78 is 5.93. The minimum Gasteiger partial charge on any atom is -0.493 e. The predicted molar refractivity (Wildman–Crippen MR) is 87.7 cm³/mol. The molecule has 21 heavy (non-hydrogen) atoms. The minimum absolute atomic E-state index is 0.306. The molecule has 0 radical (unpaired) electrons. The number of hydrogen-bond donors (Lipinski definition) is 3. The summed E-state index contributed by atoms with van der Waals surface area (Å²) in [5.41, 5.74) is 9.07.